The SMILES string of the molecule is CC(C)Cc1cnc2cc(-c3ccnc(-c4[c-]c5ccccc5c(C(C)(C)C)c4)c3)sc2c1.CCC(CC)C(=O)/C=C(\O)C(CC)CC.[Ir]. The van der Waals surface area contributed by atoms with Gasteiger partial charge in [-0.1, -0.05) is 97.5 Å². The summed E-state index contributed by atoms with van der Waals surface area (Å²) in [5.74, 6) is 1.17. The fourth-order valence-electron chi connectivity index (χ4n) is 6.18. The molecule has 3 heterocycles. The number of thiophene rings is 1. The monoisotopic (exact) mass is 854 g/mol. The Labute approximate surface area is 311 Å². The van der Waals surface area contributed by atoms with Crippen molar-refractivity contribution in [1.82, 2.24) is 9.97 Å². The molecule has 3 aromatic heterocycles. The van der Waals surface area contributed by atoms with Gasteiger partial charge in [-0.3, -0.25) is 14.8 Å². The number of carbonyl (C=O) groups is 1. The molecule has 0 unspecified atom stereocenters. The fraction of sp³-hybridized carbons (Fsp3) is 0.419. The van der Waals surface area contributed by atoms with E-state index in [4.69, 9.17) is 9.97 Å². The maximum atomic E-state index is 11.7. The first-order chi connectivity index (χ1) is 22.9. The van der Waals surface area contributed by atoms with Crippen molar-refractivity contribution in [3.8, 4) is 21.7 Å². The van der Waals surface area contributed by atoms with Crippen molar-refractivity contribution in [2.75, 3.05) is 0 Å². The predicted octanol–water partition coefficient (Wildman–Crippen LogP) is 12.3. The number of carbonyl (C=O) groups excluding carboxylic acids is 1. The van der Waals surface area contributed by atoms with Crippen LogP contribution < -0.4 is 0 Å². The van der Waals surface area contributed by atoms with Crippen LogP contribution in [-0.2, 0) is 36.7 Å². The fourth-order valence-corrected chi connectivity index (χ4v) is 7.26. The molecule has 0 amide bonds. The zero-order valence-electron chi connectivity index (χ0n) is 30.7. The molecule has 1 radical (unpaired) electrons. The van der Waals surface area contributed by atoms with Crippen LogP contribution in [0.2, 0.25) is 0 Å². The molecule has 49 heavy (non-hydrogen) atoms. The molecule has 0 aliphatic heterocycles. The van der Waals surface area contributed by atoms with E-state index in [1.54, 1.807) is 11.3 Å². The molecule has 263 valence electrons. The van der Waals surface area contributed by atoms with Gasteiger partial charge in [-0.2, -0.15) is 0 Å². The van der Waals surface area contributed by atoms with E-state index in [2.05, 4.69) is 95.3 Å². The van der Waals surface area contributed by atoms with Gasteiger partial charge < -0.3 is 5.11 Å². The van der Waals surface area contributed by atoms with Crippen LogP contribution in [0.3, 0.4) is 0 Å². The van der Waals surface area contributed by atoms with Crippen LogP contribution in [0.5, 0.6) is 0 Å². The van der Waals surface area contributed by atoms with Gasteiger partial charge in [0.1, 0.15) is 0 Å². The molecular formula is C43H53IrN2O2S-. The van der Waals surface area contributed by atoms with Crippen molar-refractivity contribution >= 4 is 38.1 Å². The summed E-state index contributed by atoms with van der Waals surface area (Å²) in [6.07, 6.45) is 9.90. The largest absolute Gasteiger partial charge is 0.512 e. The van der Waals surface area contributed by atoms with Crippen LogP contribution in [0.4, 0.5) is 0 Å². The molecule has 0 fully saturated rings. The second-order valence-corrected chi connectivity index (χ2v) is 15.3. The number of ketones is 1. The third-order valence-electron chi connectivity index (χ3n) is 9.06. The van der Waals surface area contributed by atoms with Gasteiger partial charge in [0, 0.05) is 61.0 Å². The molecule has 0 atom stereocenters. The van der Waals surface area contributed by atoms with Crippen molar-refractivity contribution in [3.05, 3.63) is 96.0 Å². The van der Waals surface area contributed by atoms with Crippen molar-refractivity contribution in [2.24, 2.45) is 17.8 Å². The quantitative estimate of drug-likeness (QED) is 0.0817. The molecule has 1 N–H and O–H groups in total. The zero-order chi connectivity index (χ0) is 35.0. The first-order valence-electron chi connectivity index (χ1n) is 17.6. The van der Waals surface area contributed by atoms with E-state index in [-0.39, 0.29) is 48.9 Å². The van der Waals surface area contributed by atoms with E-state index < -0.39 is 0 Å². The number of aliphatic hydroxyl groups excluding tert-OH is 1. The first kappa shape index (κ1) is 40.3. The number of allylic oxidation sites excluding steroid dienone is 2. The van der Waals surface area contributed by atoms with E-state index in [9.17, 15) is 9.90 Å². The molecule has 5 aromatic rings. The molecule has 6 heteroatoms. The molecule has 0 bridgehead atoms. The van der Waals surface area contributed by atoms with Gasteiger partial charge in [0.2, 0.25) is 0 Å². The number of nitrogens with zero attached hydrogens (tertiary/aromatic N) is 2. The van der Waals surface area contributed by atoms with E-state index in [0.717, 1.165) is 54.3 Å². The number of aliphatic hydroxyl groups is 1. The van der Waals surface area contributed by atoms with Crippen molar-refractivity contribution < 1.29 is 30.0 Å². The van der Waals surface area contributed by atoms with Gasteiger partial charge >= 0.3 is 0 Å². The molecule has 4 nitrogen and oxygen atoms in total. The summed E-state index contributed by atoms with van der Waals surface area (Å²) in [6.45, 7) is 19.4. The Hall–Kier alpha value is -3.18. The second kappa shape index (κ2) is 18.2. The van der Waals surface area contributed by atoms with Crippen molar-refractivity contribution in [1.29, 1.82) is 0 Å². The maximum absolute atomic E-state index is 11.7. The summed E-state index contributed by atoms with van der Waals surface area (Å²) in [6, 6.07) is 23.2. The molecule has 0 aliphatic carbocycles. The zero-order valence-corrected chi connectivity index (χ0v) is 33.9. The Morgan fingerprint density at radius 2 is 1.59 bits per heavy atom. The molecule has 0 saturated heterocycles. The Morgan fingerprint density at radius 1 is 0.918 bits per heavy atom. The summed E-state index contributed by atoms with van der Waals surface area (Å²) in [4.78, 5) is 22.4. The normalized spacial score (nSPS) is 12.0. The molecule has 2 aromatic carbocycles. The minimum Gasteiger partial charge on any atom is -0.512 e. The topological polar surface area (TPSA) is 63.1 Å². The van der Waals surface area contributed by atoms with Crippen LogP contribution >= 0.6 is 11.3 Å². The minimum atomic E-state index is 0. The van der Waals surface area contributed by atoms with Gasteiger partial charge in [0.05, 0.1) is 16.0 Å². The van der Waals surface area contributed by atoms with Gasteiger partial charge in [0.25, 0.3) is 0 Å². The Bertz CT molecular complexity index is 1860. The number of fused-ring (bicyclic) bond motifs is 2. The second-order valence-electron chi connectivity index (χ2n) is 14.3. The number of hydrogen-bond donors (Lipinski definition) is 1. The van der Waals surface area contributed by atoms with E-state index in [0.29, 0.717) is 5.92 Å². The Morgan fingerprint density at radius 3 is 2.22 bits per heavy atom. The summed E-state index contributed by atoms with van der Waals surface area (Å²) in [5, 5.41) is 12.2. The predicted molar refractivity (Wildman–Crippen MR) is 206 cm³/mol. The third-order valence-corrected chi connectivity index (χ3v) is 10.2. The maximum Gasteiger partial charge on any atom is 0.162 e. The van der Waals surface area contributed by atoms with Gasteiger partial charge in [-0.25, -0.2) is 0 Å². The van der Waals surface area contributed by atoms with E-state index in [1.807, 2.05) is 40.1 Å². The Kier molecular flexibility index (Phi) is 14.9. The summed E-state index contributed by atoms with van der Waals surface area (Å²) in [7, 11) is 0. The number of aromatic nitrogens is 2. The molecule has 0 aliphatic rings. The third kappa shape index (κ3) is 10.4. The van der Waals surface area contributed by atoms with Crippen LogP contribution in [0.15, 0.2) is 78.8 Å². The van der Waals surface area contributed by atoms with Crippen molar-refractivity contribution in [2.45, 2.75) is 99.8 Å². The molecule has 5 rings (SSSR count). The number of benzene rings is 2. The van der Waals surface area contributed by atoms with E-state index in [1.165, 1.54) is 37.7 Å². The average Bonchev–Trinajstić information content (AvgIpc) is 3.49. The van der Waals surface area contributed by atoms with Crippen LogP contribution in [0.1, 0.15) is 99.1 Å². The van der Waals surface area contributed by atoms with Gasteiger partial charge in [-0.05, 0) is 72.8 Å². The molecular weight excluding hydrogens is 801 g/mol. The van der Waals surface area contributed by atoms with Crippen LogP contribution in [0.25, 0.3) is 42.7 Å². The minimum absolute atomic E-state index is 0. The standard InChI is InChI=1S/C30H29N2S.C13H24O2.Ir/c1-19(2)12-20-13-29-27(32-18-20)17-28(33-29)22-10-11-31-26(16-22)23-14-21-8-6-7-9-24(21)25(15-23)30(3,4)5;1-5-10(6-2)12(14)9-13(15)11(7-3)8-4;/h6-11,13,15-19H,12H2,1-5H3;9-11,14H,5-8H2,1-4H3;/q-1;;/b;12-9-;. The average molecular weight is 854 g/mol. The number of hydrogen-bond acceptors (Lipinski definition) is 5. The van der Waals surface area contributed by atoms with Crippen molar-refractivity contribution in [3.63, 3.8) is 0 Å². The number of pyridine rings is 2. The van der Waals surface area contributed by atoms with Gasteiger partial charge in [-0.15, -0.1) is 40.5 Å². The van der Waals surface area contributed by atoms with Crippen LogP contribution in [-0.4, -0.2) is 20.9 Å². The smallest absolute Gasteiger partial charge is 0.162 e. The summed E-state index contributed by atoms with van der Waals surface area (Å²) < 4.78 is 1.24. The Balaban J connectivity index is 0.000000347. The molecule has 0 saturated carbocycles. The van der Waals surface area contributed by atoms with Crippen LogP contribution in [0, 0.1) is 23.8 Å². The van der Waals surface area contributed by atoms with E-state index >= 15 is 0 Å². The molecule has 0 spiro atoms. The van der Waals surface area contributed by atoms with Gasteiger partial charge in [0.15, 0.2) is 5.78 Å². The first-order valence-corrected chi connectivity index (χ1v) is 18.4. The number of rotatable bonds is 11. The summed E-state index contributed by atoms with van der Waals surface area (Å²) >= 11 is 1.81. The summed E-state index contributed by atoms with van der Waals surface area (Å²) in [5.41, 5.74) is 6.89.